The highest BCUT2D eigenvalue weighted by atomic mass is 32.2. The van der Waals surface area contributed by atoms with Gasteiger partial charge < -0.3 is 15.4 Å². The molecular weight excluding hydrogens is 340 g/mol. The van der Waals surface area contributed by atoms with Crippen LogP contribution in [0.5, 0.6) is 0 Å². The fraction of sp³-hybridized carbons (Fsp3) is 0.500. The first-order chi connectivity index (χ1) is 12.1. The molecule has 0 saturated heterocycles. The van der Waals surface area contributed by atoms with Crippen molar-refractivity contribution in [2.45, 2.75) is 43.9 Å². The molecule has 6 nitrogen and oxygen atoms in total. The first-order valence-electron chi connectivity index (χ1n) is 8.60. The van der Waals surface area contributed by atoms with Gasteiger partial charge in [-0.2, -0.15) is 0 Å². The molecule has 7 heteroatoms. The first-order valence-corrected chi connectivity index (χ1v) is 9.59. The molecule has 136 valence electrons. The van der Waals surface area contributed by atoms with Gasteiger partial charge in [-0.3, -0.25) is 9.59 Å². The topological polar surface area (TPSA) is 84.5 Å². The van der Waals surface area contributed by atoms with Crippen molar-refractivity contribution in [1.82, 2.24) is 5.32 Å². The predicted molar refractivity (Wildman–Crippen MR) is 97.8 cm³/mol. The molecule has 0 spiro atoms. The Labute approximate surface area is 152 Å². The molecule has 1 aliphatic rings. The van der Waals surface area contributed by atoms with Crippen molar-refractivity contribution in [3.05, 3.63) is 23.8 Å². The highest BCUT2D eigenvalue weighted by Crippen LogP contribution is 2.31. The van der Waals surface area contributed by atoms with Crippen LogP contribution in [0.25, 0.3) is 0 Å². The normalized spacial score (nSPS) is 13.4. The van der Waals surface area contributed by atoms with Crippen LogP contribution in [0.1, 0.15) is 49.4 Å². The molecule has 0 atom stereocenters. The van der Waals surface area contributed by atoms with Gasteiger partial charge in [0.25, 0.3) is 5.91 Å². The van der Waals surface area contributed by atoms with Crippen LogP contribution in [0, 0.1) is 0 Å². The lowest BCUT2D eigenvalue weighted by atomic mass is 10.2. The fourth-order valence-electron chi connectivity index (χ4n) is 2.39. The van der Waals surface area contributed by atoms with E-state index in [0.29, 0.717) is 30.0 Å². The summed E-state index contributed by atoms with van der Waals surface area (Å²) >= 11 is 1.57. The largest absolute Gasteiger partial charge is 0.452 e. The second-order valence-corrected chi connectivity index (χ2v) is 6.98. The lowest BCUT2D eigenvalue weighted by molar-refractivity contribution is -0.124. The average molecular weight is 364 g/mol. The summed E-state index contributed by atoms with van der Waals surface area (Å²) in [7, 11) is 0. The number of carbonyl (C=O) groups is 3. The van der Waals surface area contributed by atoms with Crippen molar-refractivity contribution >= 4 is 35.2 Å². The summed E-state index contributed by atoms with van der Waals surface area (Å²) in [5, 5.41) is 5.52. The molecule has 2 N–H and O–H groups in total. The summed E-state index contributed by atoms with van der Waals surface area (Å²) in [5.41, 5.74) is 0.930. The van der Waals surface area contributed by atoms with Crippen LogP contribution < -0.4 is 10.6 Å². The molecule has 1 aromatic rings. The summed E-state index contributed by atoms with van der Waals surface area (Å²) in [4.78, 5) is 36.3. The van der Waals surface area contributed by atoms with Crippen LogP contribution >= 0.6 is 11.8 Å². The van der Waals surface area contributed by atoms with Crippen LogP contribution in [0.15, 0.2) is 23.1 Å². The molecule has 25 heavy (non-hydrogen) atoms. The molecule has 2 rings (SSSR count). The van der Waals surface area contributed by atoms with E-state index in [2.05, 4.69) is 17.6 Å². The third kappa shape index (κ3) is 6.42. The van der Waals surface area contributed by atoms with Crippen LogP contribution in [0.3, 0.4) is 0 Å². The van der Waals surface area contributed by atoms with E-state index in [0.717, 1.165) is 30.6 Å². The number of benzene rings is 1. The zero-order valence-electron chi connectivity index (χ0n) is 14.4. The van der Waals surface area contributed by atoms with Gasteiger partial charge in [0.2, 0.25) is 5.91 Å². The van der Waals surface area contributed by atoms with Crippen molar-refractivity contribution in [2.24, 2.45) is 0 Å². The lowest BCUT2D eigenvalue weighted by Gasteiger charge is -2.09. The average Bonchev–Trinajstić information content (AvgIpc) is 2.79. The van der Waals surface area contributed by atoms with Gasteiger partial charge >= 0.3 is 5.97 Å². The highest BCUT2D eigenvalue weighted by Gasteiger charge is 2.17. The van der Waals surface area contributed by atoms with Gasteiger partial charge in [-0.05, 0) is 24.6 Å². The minimum Gasteiger partial charge on any atom is -0.452 e. The summed E-state index contributed by atoms with van der Waals surface area (Å²) in [6.07, 6.45) is 4.74. The number of unbranched alkanes of at least 4 members (excludes halogenated alkanes) is 3. The van der Waals surface area contributed by atoms with Gasteiger partial charge in [-0.1, -0.05) is 26.2 Å². The Kier molecular flexibility index (Phi) is 7.78. The van der Waals surface area contributed by atoms with Crippen molar-refractivity contribution in [3.8, 4) is 0 Å². The Morgan fingerprint density at radius 3 is 2.92 bits per heavy atom. The van der Waals surface area contributed by atoms with E-state index in [9.17, 15) is 14.4 Å². The third-order valence-corrected chi connectivity index (χ3v) is 4.84. The smallest absolute Gasteiger partial charge is 0.338 e. The number of rotatable bonds is 8. The number of nitrogens with one attached hydrogen (secondary N) is 2. The van der Waals surface area contributed by atoms with Crippen molar-refractivity contribution in [1.29, 1.82) is 0 Å². The van der Waals surface area contributed by atoms with E-state index in [1.807, 2.05) is 0 Å². The molecular formula is C18H24N2O4S. The van der Waals surface area contributed by atoms with Gasteiger partial charge in [0.1, 0.15) is 0 Å². The molecule has 1 heterocycles. The number of amides is 2. The fourth-order valence-corrected chi connectivity index (χ4v) is 3.33. The minimum atomic E-state index is -0.576. The SMILES string of the molecule is CCCCCCNC(=O)COC(=O)c1ccc2c(c1)NC(=O)CCS2. The third-order valence-electron chi connectivity index (χ3n) is 3.76. The number of hydrogen-bond donors (Lipinski definition) is 2. The molecule has 1 aromatic carbocycles. The Morgan fingerprint density at radius 2 is 2.12 bits per heavy atom. The Balaban J connectivity index is 1.81. The Hall–Kier alpha value is -2.02. The van der Waals surface area contributed by atoms with E-state index >= 15 is 0 Å². The minimum absolute atomic E-state index is 0.0702. The Morgan fingerprint density at radius 1 is 1.28 bits per heavy atom. The number of ether oxygens (including phenoxy) is 1. The van der Waals surface area contributed by atoms with E-state index in [1.165, 1.54) is 0 Å². The van der Waals surface area contributed by atoms with Gasteiger partial charge in [0, 0.05) is 23.6 Å². The maximum Gasteiger partial charge on any atom is 0.338 e. The standard InChI is InChI=1S/C18H24N2O4S/c1-2-3-4-5-9-19-17(22)12-24-18(23)13-6-7-15-14(11-13)20-16(21)8-10-25-15/h6-7,11H,2-5,8-10,12H2,1H3,(H,19,22)(H,20,21). The number of fused-ring (bicyclic) bond motifs is 1. The van der Waals surface area contributed by atoms with E-state index in [4.69, 9.17) is 4.74 Å². The summed E-state index contributed by atoms with van der Waals surface area (Å²) in [5.74, 6) is -0.240. The van der Waals surface area contributed by atoms with Crippen LogP contribution in [-0.2, 0) is 14.3 Å². The summed E-state index contributed by atoms with van der Waals surface area (Å²) < 4.78 is 5.05. The second-order valence-electron chi connectivity index (χ2n) is 5.84. The lowest BCUT2D eigenvalue weighted by Crippen LogP contribution is -2.29. The molecule has 1 aliphatic heterocycles. The van der Waals surface area contributed by atoms with Crippen molar-refractivity contribution in [3.63, 3.8) is 0 Å². The maximum absolute atomic E-state index is 12.1. The molecule has 0 unspecified atom stereocenters. The zero-order valence-corrected chi connectivity index (χ0v) is 15.2. The second kappa shape index (κ2) is 10.1. The van der Waals surface area contributed by atoms with E-state index in [1.54, 1.807) is 30.0 Å². The number of hydrogen-bond acceptors (Lipinski definition) is 5. The van der Waals surface area contributed by atoms with Gasteiger partial charge in [0.15, 0.2) is 6.61 Å². The first kappa shape index (κ1) is 19.3. The molecule has 0 aliphatic carbocycles. The van der Waals surface area contributed by atoms with E-state index in [-0.39, 0.29) is 18.4 Å². The Bertz CT molecular complexity index is 634. The monoisotopic (exact) mass is 364 g/mol. The van der Waals surface area contributed by atoms with Crippen LogP contribution in [0.4, 0.5) is 5.69 Å². The highest BCUT2D eigenvalue weighted by molar-refractivity contribution is 7.99. The van der Waals surface area contributed by atoms with Crippen molar-refractivity contribution in [2.75, 3.05) is 24.2 Å². The quantitative estimate of drug-likeness (QED) is 0.547. The molecule has 0 radical (unpaired) electrons. The van der Waals surface area contributed by atoms with Crippen molar-refractivity contribution < 1.29 is 19.1 Å². The molecule has 2 amide bonds. The number of anilines is 1. The summed E-state index contributed by atoms with van der Waals surface area (Å²) in [6.45, 7) is 2.42. The van der Waals surface area contributed by atoms with Gasteiger partial charge in [-0.25, -0.2) is 4.79 Å². The predicted octanol–water partition coefficient (Wildman–Crippen LogP) is 2.97. The molecule has 0 fully saturated rings. The zero-order chi connectivity index (χ0) is 18.1. The number of carbonyl (C=O) groups excluding carboxylic acids is 3. The molecule has 0 aromatic heterocycles. The molecule has 0 saturated carbocycles. The van der Waals surface area contributed by atoms with Gasteiger partial charge in [-0.15, -0.1) is 11.8 Å². The maximum atomic E-state index is 12.1. The van der Waals surface area contributed by atoms with Crippen LogP contribution in [-0.4, -0.2) is 36.7 Å². The van der Waals surface area contributed by atoms with Crippen LogP contribution in [0.2, 0.25) is 0 Å². The van der Waals surface area contributed by atoms with Gasteiger partial charge in [0.05, 0.1) is 11.3 Å². The number of thioether (sulfide) groups is 1. The van der Waals surface area contributed by atoms with E-state index < -0.39 is 5.97 Å². The summed E-state index contributed by atoms with van der Waals surface area (Å²) in [6, 6.07) is 5.03. The number of esters is 1. The molecule has 0 bridgehead atoms.